The van der Waals surface area contributed by atoms with Crippen LogP contribution >= 0.6 is 0 Å². The SMILES string of the molecule is C#CCN(C(=O)OC(C)(C)C)c1ccc(S(=O)(=O)N2CC3CC(C2)O3)cc1OC. The van der Waals surface area contributed by atoms with E-state index in [0.717, 1.165) is 6.42 Å². The third kappa shape index (κ3) is 4.50. The van der Waals surface area contributed by atoms with E-state index in [1.807, 2.05) is 0 Å². The van der Waals surface area contributed by atoms with Gasteiger partial charge in [-0.05, 0) is 32.9 Å². The van der Waals surface area contributed by atoms with Crippen molar-refractivity contribution >= 4 is 21.8 Å². The molecule has 3 fully saturated rings. The molecule has 3 aliphatic rings. The van der Waals surface area contributed by atoms with Crippen LogP contribution in [0.25, 0.3) is 0 Å². The number of hydrogen-bond acceptors (Lipinski definition) is 6. The fourth-order valence-electron chi connectivity index (χ4n) is 3.36. The van der Waals surface area contributed by atoms with Crippen LogP contribution in [0, 0.1) is 12.3 Å². The summed E-state index contributed by atoms with van der Waals surface area (Å²) in [6.07, 6.45) is 5.59. The Bertz CT molecular complexity index is 915. The molecule has 3 saturated heterocycles. The fraction of sp³-hybridized carbons (Fsp3) is 0.550. The van der Waals surface area contributed by atoms with Crippen molar-refractivity contribution in [3.05, 3.63) is 18.2 Å². The van der Waals surface area contributed by atoms with Crippen molar-refractivity contribution in [1.29, 1.82) is 0 Å². The van der Waals surface area contributed by atoms with Crippen molar-refractivity contribution in [3.63, 3.8) is 0 Å². The van der Waals surface area contributed by atoms with Crippen LogP contribution in [0.5, 0.6) is 5.75 Å². The quantitative estimate of drug-likeness (QED) is 0.677. The van der Waals surface area contributed by atoms with E-state index in [2.05, 4.69) is 5.92 Å². The Kier molecular flexibility index (Phi) is 5.81. The number of rotatable bonds is 5. The van der Waals surface area contributed by atoms with E-state index in [0.29, 0.717) is 18.8 Å². The lowest BCUT2D eigenvalue weighted by Gasteiger charge is -2.46. The summed E-state index contributed by atoms with van der Waals surface area (Å²) >= 11 is 0. The standard InChI is InChI=1S/C20H26N2O6S/c1-6-9-22(19(23)28-20(2,3)4)17-8-7-16(11-18(17)26-5)29(24,25)21-12-14-10-15(13-21)27-14/h1,7-8,11,14-15H,9-10,12-13H2,2-5H3. The van der Waals surface area contributed by atoms with Gasteiger partial charge in [-0.3, -0.25) is 4.90 Å². The predicted molar refractivity (Wildman–Crippen MR) is 107 cm³/mol. The monoisotopic (exact) mass is 422 g/mol. The molecule has 0 radical (unpaired) electrons. The topological polar surface area (TPSA) is 85.4 Å². The number of benzene rings is 1. The molecule has 0 saturated carbocycles. The zero-order valence-electron chi connectivity index (χ0n) is 17.0. The highest BCUT2D eigenvalue weighted by Gasteiger charge is 2.43. The number of terminal acetylenes is 1. The van der Waals surface area contributed by atoms with Gasteiger partial charge in [0.05, 0.1) is 36.4 Å². The van der Waals surface area contributed by atoms with Crippen LogP contribution in [0.15, 0.2) is 23.1 Å². The van der Waals surface area contributed by atoms with Gasteiger partial charge in [0.2, 0.25) is 10.0 Å². The molecular weight excluding hydrogens is 396 g/mol. The molecule has 0 N–H and O–H groups in total. The molecule has 0 aromatic heterocycles. The van der Waals surface area contributed by atoms with Crippen LogP contribution in [-0.2, 0) is 19.5 Å². The summed E-state index contributed by atoms with van der Waals surface area (Å²) in [6.45, 7) is 5.87. The first-order valence-electron chi connectivity index (χ1n) is 9.33. The van der Waals surface area contributed by atoms with Crippen molar-refractivity contribution < 1.29 is 27.4 Å². The molecule has 29 heavy (non-hydrogen) atoms. The first-order chi connectivity index (χ1) is 13.5. The van der Waals surface area contributed by atoms with Gasteiger partial charge in [-0.25, -0.2) is 13.2 Å². The molecule has 1 aromatic rings. The lowest BCUT2D eigenvalue weighted by molar-refractivity contribution is -0.164. The van der Waals surface area contributed by atoms with E-state index in [4.69, 9.17) is 20.6 Å². The van der Waals surface area contributed by atoms with Crippen molar-refractivity contribution in [2.45, 2.75) is 49.9 Å². The average Bonchev–Trinajstić information content (AvgIpc) is 2.63. The number of amides is 1. The first-order valence-corrected chi connectivity index (χ1v) is 10.8. The van der Waals surface area contributed by atoms with Crippen molar-refractivity contribution in [2.75, 3.05) is 31.6 Å². The minimum atomic E-state index is -3.70. The Morgan fingerprint density at radius 3 is 2.48 bits per heavy atom. The van der Waals surface area contributed by atoms with E-state index in [9.17, 15) is 13.2 Å². The van der Waals surface area contributed by atoms with Gasteiger partial charge in [-0.15, -0.1) is 6.42 Å². The maximum atomic E-state index is 13.0. The summed E-state index contributed by atoms with van der Waals surface area (Å²) in [6, 6.07) is 4.36. The number of piperidine rings is 1. The van der Waals surface area contributed by atoms with E-state index in [-0.39, 0.29) is 29.4 Å². The fourth-order valence-corrected chi connectivity index (χ4v) is 4.88. The Balaban J connectivity index is 1.91. The van der Waals surface area contributed by atoms with Gasteiger partial charge in [0, 0.05) is 25.6 Å². The molecule has 4 rings (SSSR count). The number of methoxy groups -OCH3 is 1. The van der Waals surface area contributed by atoms with Crippen LogP contribution in [0.2, 0.25) is 0 Å². The van der Waals surface area contributed by atoms with E-state index in [1.165, 1.54) is 34.5 Å². The summed E-state index contributed by atoms with van der Waals surface area (Å²) < 4.78 is 43.8. The molecule has 1 aromatic carbocycles. The van der Waals surface area contributed by atoms with Gasteiger partial charge in [0.15, 0.2) is 0 Å². The van der Waals surface area contributed by atoms with Gasteiger partial charge in [-0.1, -0.05) is 5.92 Å². The molecule has 0 aliphatic carbocycles. The Hall–Kier alpha value is -2.28. The third-order valence-corrected chi connectivity index (χ3v) is 6.50. The molecule has 8 nitrogen and oxygen atoms in total. The average molecular weight is 423 g/mol. The Morgan fingerprint density at radius 1 is 1.34 bits per heavy atom. The summed E-state index contributed by atoms with van der Waals surface area (Å²) in [5, 5.41) is 0. The van der Waals surface area contributed by atoms with Crippen molar-refractivity contribution in [3.8, 4) is 18.1 Å². The highest BCUT2D eigenvalue weighted by Crippen LogP contribution is 2.35. The van der Waals surface area contributed by atoms with Crippen LogP contribution in [0.4, 0.5) is 10.5 Å². The molecule has 158 valence electrons. The van der Waals surface area contributed by atoms with Crippen LogP contribution in [0.1, 0.15) is 27.2 Å². The van der Waals surface area contributed by atoms with Gasteiger partial charge >= 0.3 is 6.09 Å². The lowest BCUT2D eigenvalue weighted by Crippen LogP contribution is -2.58. The number of morpholine rings is 1. The van der Waals surface area contributed by atoms with E-state index in [1.54, 1.807) is 20.8 Å². The number of anilines is 1. The van der Waals surface area contributed by atoms with Crippen molar-refractivity contribution in [1.82, 2.24) is 4.31 Å². The molecule has 2 atom stereocenters. The molecule has 0 spiro atoms. The van der Waals surface area contributed by atoms with Crippen LogP contribution < -0.4 is 9.64 Å². The summed E-state index contributed by atoms with van der Waals surface area (Å²) in [5.74, 6) is 2.63. The van der Waals surface area contributed by atoms with Crippen molar-refractivity contribution in [2.24, 2.45) is 0 Å². The zero-order valence-corrected chi connectivity index (χ0v) is 17.9. The zero-order chi connectivity index (χ0) is 21.4. The van der Waals surface area contributed by atoms with Crippen LogP contribution in [-0.4, -0.2) is 63.4 Å². The molecule has 9 heteroatoms. The lowest BCUT2D eigenvalue weighted by atomic mass is 10.0. The molecule has 3 heterocycles. The van der Waals surface area contributed by atoms with E-state index >= 15 is 0 Å². The number of carbonyl (C=O) groups is 1. The molecular formula is C20H26N2O6S. The largest absolute Gasteiger partial charge is 0.495 e. The number of ether oxygens (including phenoxy) is 3. The number of nitrogens with zero attached hydrogens (tertiary/aromatic N) is 2. The van der Waals surface area contributed by atoms with E-state index < -0.39 is 21.7 Å². The maximum Gasteiger partial charge on any atom is 0.415 e. The number of hydrogen-bond donors (Lipinski definition) is 0. The highest BCUT2D eigenvalue weighted by atomic mass is 32.2. The smallest absolute Gasteiger partial charge is 0.415 e. The normalized spacial score (nSPS) is 21.6. The summed E-state index contributed by atoms with van der Waals surface area (Å²) in [4.78, 5) is 13.9. The third-order valence-electron chi connectivity index (χ3n) is 4.67. The predicted octanol–water partition coefficient (Wildman–Crippen LogP) is 2.23. The second-order valence-electron chi connectivity index (χ2n) is 8.04. The first kappa shape index (κ1) is 21.4. The molecule has 2 bridgehead atoms. The van der Waals surface area contributed by atoms with Crippen LogP contribution in [0.3, 0.4) is 0 Å². The minimum Gasteiger partial charge on any atom is -0.495 e. The number of carbonyl (C=O) groups excluding carboxylic acids is 1. The highest BCUT2D eigenvalue weighted by molar-refractivity contribution is 7.89. The second kappa shape index (κ2) is 7.86. The van der Waals surface area contributed by atoms with Gasteiger partial charge in [0.25, 0.3) is 0 Å². The van der Waals surface area contributed by atoms with Gasteiger partial charge in [-0.2, -0.15) is 4.31 Å². The Labute approximate surface area is 171 Å². The summed E-state index contributed by atoms with van der Waals surface area (Å²) in [5.41, 5.74) is -0.374. The summed E-state index contributed by atoms with van der Waals surface area (Å²) in [7, 11) is -2.30. The maximum absolute atomic E-state index is 13.0. The molecule has 3 aliphatic heterocycles. The number of fused-ring (bicyclic) bond motifs is 2. The van der Waals surface area contributed by atoms with Gasteiger partial charge < -0.3 is 14.2 Å². The number of sulfonamides is 1. The minimum absolute atomic E-state index is 0.0389. The molecule has 1 amide bonds. The van der Waals surface area contributed by atoms with Gasteiger partial charge in [0.1, 0.15) is 11.4 Å². The Morgan fingerprint density at radius 2 is 1.97 bits per heavy atom. The second-order valence-corrected chi connectivity index (χ2v) is 9.98. The molecule has 2 unspecified atom stereocenters.